The lowest BCUT2D eigenvalue weighted by atomic mass is 9.95. The average Bonchev–Trinajstić information content (AvgIpc) is 3.62. The first-order valence-electron chi connectivity index (χ1n) is 13.7. The van der Waals surface area contributed by atoms with E-state index in [1.54, 1.807) is 6.20 Å². The van der Waals surface area contributed by atoms with Crippen molar-refractivity contribution in [3.63, 3.8) is 0 Å². The van der Waals surface area contributed by atoms with E-state index in [0.717, 1.165) is 29.4 Å². The molecular weight excluding hydrogens is 484 g/mol. The van der Waals surface area contributed by atoms with Crippen LogP contribution in [0.5, 0.6) is 0 Å². The van der Waals surface area contributed by atoms with E-state index in [4.69, 9.17) is 4.43 Å². The van der Waals surface area contributed by atoms with Crippen molar-refractivity contribution in [3.8, 4) is 0 Å². The minimum Gasteiger partial charge on any atom is -0.407 e. The van der Waals surface area contributed by atoms with Gasteiger partial charge in [0.15, 0.2) is 0 Å². The fourth-order valence-corrected chi connectivity index (χ4v) is 10.8. The average molecular weight is 523 g/mol. The van der Waals surface area contributed by atoms with Gasteiger partial charge in [0.2, 0.25) is 5.91 Å². The van der Waals surface area contributed by atoms with Crippen molar-refractivity contribution in [2.45, 2.75) is 52.0 Å². The molecule has 1 aliphatic carbocycles. The summed E-state index contributed by atoms with van der Waals surface area (Å²) in [6, 6.07) is 31.4. The SMILES string of the molecule is CC[C@@]1(CC(=O)Nc2cccc3cccnc23)C[C@H]1CO[Si](c1ccccc1)(c1ccccc1)C(C)(C)C. The van der Waals surface area contributed by atoms with Crippen molar-refractivity contribution >= 4 is 41.2 Å². The molecule has 1 aromatic heterocycles. The molecule has 5 heteroatoms. The molecule has 4 aromatic rings. The van der Waals surface area contributed by atoms with Crippen LogP contribution < -0.4 is 15.7 Å². The molecule has 1 aliphatic rings. The number of hydrogen-bond acceptors (Lipinski definition) is 3. The predicted molar refractivity (Wildman–Crippen MR) is 159 cm³/mol. The summed E-state index contributed by atoms with van der Waals surface area (Å²) in [6.07, 6.45) is 4.25. The third kappa shape index (κ3) is 4.93. The largest absolute Gasteiger partial charge is 0.407 e. The Labute approximate surface area is 227 Å². The number of hydrogen-bond donors (Lipinski definition) is 1. The molecule has 2 atom stereocenters. The summed E-state index contributed by atoms with van der Waals surface area (Å²) in [5.41, 5.74) is 1.59. The van der Waals surface area contributed by atoms with E-state index in [-0.39, 0.29) is 16.4 Å². The first-order chi connectivity index (χ1) is 18.3. The van der Waals surface area contributed by atoms with E-state index < -0.39 is 8.32 Å². The van der Waals surface area contributed by atoms with Crippen LogP contribution in [-0.2, 0) is 9.22 Å². The molecule has 0 unspecified atom stereocenters. The van der Waals surface area contributed by atoms with E-state index in [2.05, 4.69) is 98.7 Å². The van der Waals surface area contributed by atoms with E-state index in [9.17, 15) is 4.79 Å². The zero-order valence-electron chi connectivity index (χ0n) is 22.9. The number of benzene rings is 3. The maximum atomic E-state index is 13.2. The number of nitrogens with zero attached hydrogens (tertiary/aromatic N) is 1. The molecule has 4 nitrogen and oxygen atoms in total. The first kappa shape index (κ1) is 26.3. The van der Waals surface area contributed by atoms with Gasteiger partial charge in [-0.05, 0) is 51.7 Å². The van der Waals surface area contributed by atoms with Gasteiger partial charge in [-0.2, -0.15) is 0 Å². The van der Waals surface area contributed by atoms with Crippen LogP contribution in [0.25, 0.3) is 10.9 Å². The molecule has 0 saturated heterocycles. The maximum Gasteiger partial charge on any atom is 0.261 e. The summed E-state index contributed by atoms with van der Waals surface area (Å²) in [6.45, 7) is 9.81. The fourth-order valence-electron chi connectivity index (χ4n) is 6.15. The summed E-state index contributed by atoms with van der Waals surface area (Å²) >= 11 is 0. The first-order valence-corrected chi connectivity index (χ1v) is 15.6. The monoisotopic (exact) mass is 522 g/mol. The minimum atomic E-state index is -2.59. The number of para-hydroxylation sites is 1. The molecule has 1 fully saturated rings. The highest BCUT2D eigenvalue weighted by molar-refractivity contribution is 6.99. The molecular formula is C33H38N2O2Si. The second kappa shape index (κ2) is 10.5. The molecule has 1 saturated carbocycles. The van der Waals surface area contributed by atoms with E-state index in [1.807, 2.05) is 30.3 Å². The lowest BCUT2D eigenvalue weighted by Gasteiger charge is -2.43. The van der Waals surface area contributed by atoms with E-state index in [0.29, 0.717) is 18.9 Å². The van der Waals surface area contributed by atoms with Gasteiger partial charge in [0, 0.05) is 24.6 Å². The summed E-state index contributed by atoms with van der Waals surface area (Å²) < 4.78 is 7.20. The number of aromatic nitrogens is 1. The van der Waals surface area contributed by atoms with Gasteiger partial charge < -0.3 is 9.74 Å². The molecule has 0 aliphatic heterocycles. The van der Waals surface area contributed by atoms with Gasteiger partial charge in [-0.3, -0.25) is 9.78 Å². The third-order valence-corrected chi connectivity index (χ3v) is 13.4. The number of nitrogens with one attached hydrogen (secondary N) is 1. The topological polar surface area (TPSA) is 51.2 Å². The molecule has 0 spiro atoms. The van der Waals surface area contributed by atoms with Crippen LogP contribution >= 0.6 is 0 Å². The van der Waals surface area contributed by atoms with Gasteiger partial charge in [0.05, 0.1) is 11.2 Å². The Hall–Kier alpha value is -3.28. The highest BCUT2D eigenvalue weighted by Crippen LogP contribution is 2.58. The quantitative estimate of drug-likeness (QED) is 0.253. The summed E-state index contributed by atoms with van der Waals surface area (Å²) in [5, 5.41) is 6.71. The number of rotatable bonds is 9. The maximum absolute atomic E-state index is 13.2. The van der Waals surface area contributed by atoms with Gasteiger partial charge >= 0.3 is 0 Å². The number of carbonyl (C=O) groups is 1. The smallest absolute Gasteiger partial charge is 0.261 e. The summed E-state index contributed by atoms with van der Waals surface area (Å²) in [4.78, 5) is 17.7. The van der Waals surface area contributed by atoms with Crippen LogP contribution in [0, 0.1) is 11.3 Å². The Balaban J connectivity index is 1.35. The molecule has 196 valence electrons. The standard InChI is InChI=1S/C33H38N2O2Si/c1-5-33(23-30(36)35-29-20-12-14-25-15-13-21-34-31(25)29)22-26(33)24-37-38(32(2,3)4,27-16-8-6-9-17-27)28-18-10-7-11-19-28/h6-21,26H,5,22-24H2,1-4H3,(H,35,36)/t26-,33-/m0/s1. The Kier molecular flexibility index (Phi) is 7.25. The van der Waals surface area contributed by atoms with Crippen molar-refractivity contribution in [3.05, 3.63) is 97.2 Å². The van der Waals surface area contributed by atoms with Crippen LogP contribution in [0.1, 0.15) is 47.0 Å². The van der Waals surface area contributed by atoms with E-state index >= 15 is 0 Å². The molecule has 0 radical (unpaired) electrons. The molecule has 1 amide bonds. The zero-order chi connectivity index (χ0) is 26.8. The molecule has 1 N–H and O–H groups in total. The Morgan fingerprint density at radius 2 is 1.58 bits per heavy atom. The van der Waals surface area contributed by atoms with Gasteiger partial charge in [-0.15, -0.1) is 0 Å². The molecule has 38 heavy (non-hydrogen) atoms. The van der Waals surface area contributed by atoms with Crippen LogP contribution in [-0.4, -0.2) is 25.8 Å². The van der Waals surface area contributed by atoms with Crippen molar-refractivity contribution in [1.82, 2.24) is 4.98 Å². The summed E-state index contributed by atoms with van der Waals surface area (Å²) in [5.74, 6) is 0.420. The molecule has 1 heterocycles. The molecule has 0 bridgehead atoms. The van der Waals surface area contributed by atoms with Crippen LogP contribution in [0.2, 0.25) is 5.04 Å². The van der Waals surface area contributed by atoms with Crippen molar-refractivity contribution < 1.29 is 9.22 Å². The Morgan fingerprint density at radius 3 is 2.18 bits per heavy atom. The van der Waals surface area contributed by atoms with Gasteiger partial charge in [0.1, 0.15) is 0 Å². The van der Waals surface area contributed by atoms with Crippen LogP contribution in [0.15, 0.2) is 97.2 Å². The minimum absolute atomic E-state index is 0.0203. The predicted octanol–water partition coefficient (Wildman–Crippen LogP) is 6.56. The van der Waals surface area contributed by atoms with Crippen molar-refractivity contribution in [2.24, 2.45) is 11.3 Å². The van der Waals surface area contributed by atoms with Crippen LogP contribution in [0.4, 0.5) is 5.69 Å². The van der Waals surface area contributed by atoms with E-state index in [1.165, 1.54) is 10.4 Å². The van der Waals surface area contributed by atoms with Gasteiger partial charge in [0.25, 0.3) is 8.32 Å². The number of anilines is 1. The lowest BCUT2D eigenvalue weighted by molar-refractivity contribution is -0.117. The van der Waals surface area contributed by atoms with Crippen molar-refractivity contribution in [2.75, 3.05) is 11.9 Å². The highest BCUT2D eigenvalue weighted by atomic mass is 28.4. The van der Waals surface area contributed by atoms with Gasteiger partial charge in [-0.25, -0.2) is 0 Å². The second-order valence-electron chi connectivity index (χ2n) is 11.7. The third-order valence-electron chi connectivity index (χ3n) is 8.40. The highest BCUT2D eigenvalue weighted by Gasteiger charge is 2.56. The number of carbonyl (C=O) groups excluding carboxylic acids is 1. The number of pyridine rings is 1. The molecule has 3 aromatic carbocycles. The Morgan fingerprint density at radius 1 is 0.947 bits per heavy atom. The fraction of sp³-hybridized carbons (Fsp3) is 0.333. The van der Waals surface area contributed by atoms with Gasteiger partial charge in [-0.1, -0.05) is 107 Å². The number of fused-ring (bicyclic) bond motifs is 1. The van der Waals surface area contributed by atoms with Crippen molar-refractivity contribution in [1.29, 1.82) is 0 Å². The van der Waals surface area contributed by atoms with Crippen LogP contribution in [0.3, 0.4) is 0 Å². The normalized spacial score (nSPS) is 19.3. The second-order valence-corrected chi connectivity index (χ2v) is 16.0. The molecule has 5 rings (SSSR count). The lowest BCUT2D eigenvalue weighted by Crippen LogP contribution is -2.66. The summed E-state index contributed by atoms with van der Waals surface area (Å²) in [7, 11) is -2.59. The Bertz CT molecular complexity index is 1360. The number of amides is 1. The zero-order valence-corrected chi connectivity index (χ0v) is 23.9.